The minimum atomic E-state index is -1.30. The van der Waals surface area contributed by atoms with Crippen LogP contribution in [0.3, 0.4) is 0 Å². The molecule has 1 aliphatic carbocycles. The number of fused-ring (bicyclic) bond motifs is 1. The Bertz CT molecular complexity index is 1170. The van der Waals surface area contributed by atoms with Crippen LogP contribution in [0.25, 0.3) is 5.57 Å². The van der Waals surface area contributed by atoms with Crippen molar-refractivity contribution in [2.45, 2.75) is 18.5 Å². The van der Waals surface area contributed by atoms with E-state index in [2.05, 4.69) is 10.6 Å². The Labute approximate surface area is 179 Å². The Morgan fingerprint density at radius 1 is 1.06 bits per heavy atom. The summed E-state index contributed by atoms with van der Waals surface area (Å²) in [6.45, 7) is 0.407. The number of hydrogen-bond acceptors (Lipinski definition) is 4. The molecule has 2 heterocycles. The number of urea groups is 1. The lowest BCUT2D eigenvalue weighted by atomic mass is 9.86. The van der Waals surface area contributed by atoms with Gasteiger partial charge in [-0.05, 0) is 46.9 Å². The molecule has 2 aromatic rings. The molecule has 5 rings (SSSR count). The standard InChI is InChI=1S/C24H21N3O4/c1-31-19-9-10-20-17(12-19)13-27(21(20)28)14-24(22(29)25-23(30)26-24)18-8-7-16(11-18)15-5-3-2-4-6-15/h2-10,12H,11,13-14H2,1H3,(H2,25,26,29,30). The molecule has 2 N–H and O–H groups in total. The number of nitrogens with zero attached hydrogens (tertiary/aromatic N) is 1. The Kier molecular flexibility index (Phi) is 4.39. The number of methoxy groups -OCH3 is 1. The van der Waals surface area contributed by atoms with E-state index in [-0.39, 0.29) is 12.5 Å². The Hall–Kier alpha value is -3.87. The van der Waals surface area contributed by atoms with E-state index in [1.165, 1.54) is 0 Å². The maximum absolute atomic E-state index is 13.0. The van der Waals surface area contributed by atoms with Crippen molar-refractivity contribution in [1.82, 2.24) is 15.5 Å². The summed E-state index contributed by atoms with van der Waals surface area (Å²) in [4.78, 5) is 39.7. The van der Waals surface area contributed by atoms with Gasteiger partial charge < -0.3 is 15.0 Å². The second kappa shape index (κ2) is 7.12. The van der Waals surface area contributed by atoms with Crippen molar-refractivity contribution in [3.05, 3.63) is 82.9 Å². The number of benzene rings is 2. The van der Waals surface area contributed by atoms with E-state index in [4.69, 9.17) is 4.74 Å². The lowest BCUT2D eigenvalue weighted by Gasteiger charge is -2.32. The van der Waals surface area contributed by atoms with Crippen LogP contribution in [0.5, 0.6) is 5.75 Å². The zero-order chi connectivity index (χ0) is 21.6. The van der Waals surface area contributed by atoms with Gasteiger partial charge >= 0.3 is 6.03 Å². The quantitative estimate of drug-likeness (QED) is 0.735. The van der Waals surface area contributed by atoms with Gasteiger partial charge in [0, 0.05) is 12.1 Å². The summed E-state index contributed by atoms with van der Waals surface area (Å²) in [6, 6.07) is 14.7. The maximum Gasteiger partial charge on any atom is 0.322 e. The molecule has 1 atom stereocenters. The third-order valence-electron chi connectivity index (χ3n) is 6.12. The highest BCUT2D eigenvalue weighted by atomic mass is 16.5. The van der Waals surface area contributed by atoms with E-state index in [9.17, 15) is 14.4 Å². The summed E-state index contributed by atoms with van der Waals surface area (Å²) in [5.41, 5.74) is 3.01. The number of hydrogen-bond donors (Lipinski definition) is 2. The normalized spacial score (nSPS) is 22.1. The third kappa shape index (κ3) is 3.09. The predicted octanol–water partition coefficient (Wildman–Crippen LogP) is 2.64. The zero-order valence-corrected chi connectivity index (χ0v) is 17.0. The van der Waals surface area contributed by atoms with Gasteiger partial charge in [-0.25, -0.2) is 4.79 Å². The van der Waals surface area contributed by atoms with Crippen LogP contribution in [0.1, 0.15) is 27.9 Å². The first kappa shape index (κ1) is 19.1. The number of carbonyl (C=O) groups excluding carboxylic acids is 3. The minimum Gasteiger partial charge on any atom is -0.497 e. The van der Waals surface area contributed by atoms with Crippen LogP contribution in [0.2, 0.25) is 0 Å². The molecule has 0 aromatic heterocycles. The molecule has 7 nitrogen and oxygen atoms in total. The first-order chi connectivity index (χ1) is 15.0. The van der Waals surface area contributed by atoms with Gasteiger partial charge in [0.15, 0.2) is 5.54 Å². The molecule has 2 aromatic carbocycles. The molecule has 0 bridgehead atoms. The fourth-order valence-electron chi connectivity index (χ4n) is 4.50. The van der Waals surface area contributed by atoms with Crippen molar-refractivity contribution in [3.63, 3.8) is 0 Å². The number of rotatable bonds is 5. The summed E-state index contributed by atoms with van der Waals surface area (Å²) in [5, 5.41) is 5.16. The molecule has 1 unspecified atom stereocenters. The van der Waals surface area contributed by atoms with Crippen molar-refractivity contribution >= 4 is 23.4 Å². The molecule has 0 radical (unpaired) electrons. The summed E-state index contributed by atoms with van der Waals surface area (Å²) >= 11 is 0. The first-order valence-corrected chi connectivity index (χ1v) is 10.1. The van der Waals surface area contributed by atoms with E-state index >= 15 is 0 Å². The summed E-state index contributed by atoms with van der Waals surface area (Å²) in [6.07, 6.45) is 4.36. The molecule has 1 saturated heterocycles. The molecule has 2 aliphatic heterocycles. The van der Waals surface area contributed by atoms with Crippen molar-refractivity contribution in [2.24, 2.45) is 0 Å². The second-order valence-electron chi connectivity index (χ2n) is 7.92. The van der Waals surface area contributed by atoms with E-state index < -0.39 is 17.5 Å². The van der Waals surface area contributed by atoms with Crippen LogP contribution in [0.15, 0.2) is 66.3 Å². The van der Waals surface area contributed by atoms with Crippen LogP contribution < -0.4 is 15.4 Å². The highest BCUT2D eigenvalue weighted by Crippen LogP contribution is 2.37. The van der Waals surface area contributed by atoms with Gasteiger partial charge in [0.25, 0.3) is 11.8 Å². The lowest BCUT2D eigenvalue weighted by Crippen LogP contribution is -2.56. The van der Waals surface area contributed by atoms with Crippen LogP contribution in [-0.4, -0.2) is 41.9 Å². The van der Waals surface area contributed by atoms with E-state index in [1.54, 1.807) is 24.1 Å². The molecular weight excluding hydrogens is 394 g/mol. The SMILES string of the molecule is COc1ccc2c(c1)CN(CC1(C3=CC=C(c4ccccc4)C3)NC(=O)NC1=O)C2=O. The Balaban J connectivity index is 1.43. The van der Waals surface area contributed by atoms with Crippen LogP contribution in [0.4, 0.5) is 4.79 Å². The average Bonchev–Trinajstić information content (AvgIpc) is 3.46. The zero-order valence-electron chi connectivity index (χ0n) is 17.0. The van der Waals surface area contributed by atoms with Gasteiger partial charge in [0.1, 0.15) is 5.75 Å². The van der Waals surface area contributed by atoms with Crippen LogP contribution in [0, 0.1) is 0 Å². The van der Waals surface area contributed by atoms with Crippen molar-refractivity contribution in [3.8, 4) is 5.75 Å². The number of allylic oxidation sites excluding steroid dienone is 3. The summed E-state index contributed by atoms with van der Waals surface area (Å²) in [5.74, 6) is 0.0684. The van der Waals surface area contributed by atoms with Crippen LogP contribution in [-0.2, 0) is 11.3 Å². The average molecular weight is 415 g/mol. The molecule has 0 saturated carbocycles. The third-order valence-corrected chi connectivity index (χ3v) is 6.12. The Morgan fingerprint density at radius 2 is 1.87 bits per heavy atom. The topological polar surface area (TPSA) is 87.7 Å². The maximum atomic E-state index is 13.0. The fourth-order valence-corrected chi connectivity index (χ4v) is 4.50. The summed E-state index contributed by atoms with van der Waals surface area (Å²) < 4.78 is 5.26. The van der Waals surface area contributed by atoms with Gasteiger partial charge in [-0.2, -0.15) is 0 Å². The number of nitrogens with one attached hydrogen (secondary N) is 2. The van der Waals surface area contributed by atoms with Gasteiger partial charge in [-0.1, -0.05) is 42.5 Å². The van der Waals surface area contributed by atoms with Gasteiger partial charge in [0.2, 0.25) is 0 Å². The smallest absolute Gasteiger partial charge is 0.322 e. The Morgan fingerprint density at radius 3 is 2.58 bits per heavy atom. The van der Waals surface area contributed by atoms with Crippen molar-refractivity contribution < 1.29 is 19.1 Å². The monoisotopic (exact) mass is 415 g/mol. The van der Waals surface area contributed by atoms with E-state index in [0.29, 0.717) is 24.3 Å². The lowest BCUT2D eigenvalue weighted by molar-refractivity contribution is -0.123. The number of imide groups is 1. The predicted molar refractivity (Wildman–Crippen MR) is 114 cm³/mol. The largest absolute Gasteiger partial charge is 0.497 e. The highest BCUT2D eigenvalue weighted by Gasteiger charge is 2.52. The molecule has 3 aliphatic rings. The molecule has 1 fully saturated rings. The van der Waals surface area contributed by atoms with Gasteiger partial charge in [-0.3, -0.25) is 14.9 Å². The van der Waals surface area contributed by atoms with Crippen molar-refractivity contribution in [1.29, 1.82) is 0 Å². The molecule has 0 spiro atoms. The minimum absolute atomic E-state index is 0.0577. The van der Waals surface area contributed by atoms with E-state index in [1.807, 2.05) is 48.6 Å². The van der Waals surface area contributed by atoms with Crippen molar-refractivity contribution in [2.75, 3.05) is 13.7 Å². The molecule has 4 amide bonds. The second-order valence-corrected chi connectivity index (χ2v) is 7.92. The number of amides is 4. The molecule has 31 heavy (non-hydrogen) atoms. The van der Waals surface area contributed by atoms with Gasteiger partial charge in [-0.15, -0.1) is 0 Å². The highest BCUT2D eigenvalue weighted by molar-refractivity contribution is 6.10. The fraction of sp³-hybridized carbons (Fsp3) is 0.208. The molecule has 156 valence electrons. The van der Waals surface area contributed by atoms with E-state index in [0.717, 1.165) is 22.3 Å². The molecule has 7 heteroatoms. The van der Waals surface area contributed by atoms with Gasteiger partial charge in [0.05, 0.1) is 13.7 Å². The first-order valence-electron chi connectivity index (χ1n) is 10.1. The summed E-state index contributed by atoms with van der Waals surface area (Å²) in [7, 11) is 1.58. The number of carbonyl (C=O) groups is 3. The number of ether oxygens (including phenoxy) is 1. The van der Waals surface area contributed by atoms with Crippen LogP contribution >= 0.6 is 0 Å². The molecular formula is C24H21N3O4.